The van der Waals surface area contributed by atoms with Crippen LogP contribution in [0.4, 0.5) is 5.69 Å². The Kier molecular flexibility index (Phi) is 5.83. The van der Waals surface area contributed by atoms with Crippen LogP contribution >= 0.6 is 22.6 Å². The van der Waals surface area contributed by atoms with E-state index >= 15 is 0 Å². The lowest BCUT2D eigenvalue weighted by Gasteiger charge is -2.19. The highest BCUT2D eigenvalue weighted by Gasteiger charge is 2.17. The van der Waals surface area contributed by atoms with Crippen molar-refractivity contribution >= 4 is 38.5 Å². The van der Waals surface area contributed by atoms with Gasteiger partial charge in [-0.15, -0.1) is 0 Å². The molecule has 0 fully saturated rings. The van der Waals surface area contributed by atoms with Crippen molar-refractivity contribution in [2.24, 2.45) is 0 Å². The standard InChI is InChI=1S/C11H17IN2O3S/c1-9-4-5-10(12)8-11(9)13-18(16,17)14(2)6-3-7-15/h4-5,8,13,15H,3,6-7H2,1-2H3. The van der Waals surface area contributed by atoms with Crippen LogP contribution in [0, 0.1) is 10.5 Å². The monoisotopic (exact) mass is 384 g/mol. The van der Waals surface area contributed by atoms with E-state index < -0.39 is 10.2 Å². The normalized spacial score (nSPS) is 11.8. The number of nitrogens with zero attached hydrogens (tertiary/aromatic N) is 1. The van der Waals surface area contributed by atoms with Crippen LogP contribution in [0.5, 0.6) is 0 Å². The molecule has 0 aliphatic heterocycles. The summed E-state index contributed by atoms with van der Waals surface area (Å²) >= 11 is 2.13. The Morgan fingerprint density at radius 3 is 2.72 bits per heavy atom. The third-order valence-electron chi connectivity index (χ3n) is 2.48. The molecule has 0 bridgehead atoms. The SMILES string of the molecule is Cc1ccc(I)cc1NS(=O)(=O)N(C)CCCO. The first-order valence-corrected chi connectivity index (χ1v) is 8.00. The summed E-state index contributed by atoms with van der Waals surface area (Å²) in [7, 11) is -2.07. The second-order valence-corrected chi connectivity index (χ2v) is 6.99. The summed E-state index contributed by atoms with van der Waals surface area (Å²) in [5, 5.41) is 8.71. The van der Waals surface area contributed by atoms with Gasteiger partial charge in [0.15, 0.2) is 0 Å². The molecule has 0 heterocycles. The van der Waals surface area contributed by atoms with Gasteiger partial charge in [0, 0.05) is 23.8 Å². The minimum atomic E-state index is -3.56. The maximum Gasteiger partial charge on any atom is 0.301 e. The minimum absolute atomic E-state index is 0.0257. The van der Waals surface area contributed by atoms with E-state index in [1.807, 2.05) is 19.1 Å². The average Bonchev–Trinajstić information content (AvgIpc) is 2.30. The van der Waals surface area contributed by atoms with Gasteiger partial charge >= 0.3 is 10.2 Å². The maximum atomic E-state index is 12.0. The lowest BCUT2D eigenvalue weighted by atomic mass is 10.2. The fourth-order valence-corrected chi connectivity index (χ4v) is 2.85. The van der Waals surface area contributed by atoms with Gasteiger partial charge in [0.2, 0.25) is 0 Å². The Morgan fingerprint density at radius 1 is 1.44 bits per heavy atom. The predicted molar refractivity (Wildman–Crippen MR) is 80.8 cm³/mol. The van der Waals surface area contributed by atoms with Crippen molar-refractivity contribution in [1.29, 1.82) is 0 Å². The van der Waals surface area contributed by atoms with Gasteiger partial charge in [0.05, 0.1) is 5.69 Å². The summed E-state index contributed by atoms with van der Waals surface area (Å²) in [5.41, 5.74) is 1.45. The van der Waals surface area contributed by atoms with Gasteiger partial charge in [0.25, 0.3) is 0 Å². The molecule has 1 aromatic rings. The second kappa shape index (κ2) is 6.69. The number of nitrogens with one attached hydrogen (secondary N) is 1. The third kappa shape index (κ3) is 4.38. The first kappa shape index (κ1) is 15.7. The van der Waals surface area contributed by atoms with Gasteiger partial charge in [-0.2, -0.15) is 12.7 Å². The largest absolute Gasteiger partial charge is 0.396 e. The quantitative estimate of drug-likeness (QED) is 0.732. The molecule has 0 aliphatic rings. The van der Waals surface area contributed by atoms with Crippen LogP contribution in [0.25, 0.3) is 0 Å². The zero-order valence-corrected chi connectivity index (χ0v) is 13.3. The van der Waals surface area contributed by atoms with Crippen LogP contribution in [0.3, 0.4) is 0 Å². The number of halogens is 1. The van der Waals surface area contributed by atoms with E-state index in [1.54, 1.807) is 6.07 Å². The fourth-order valence-electron chi connectivity index (χ4n) is 1.33. The maximum absolute atomic E-state index is 12.0. The topological polar surface area (TPSA) is 69.6 Å². The molecular formula is C11H17IN2O3S. The van der Waals surface area contributed by atoms with E-state index in [0.29, 0.717) is 12.1 Å². The molecule has 0 saturated carbocycles. The van der Waals surface area contributed by atoms with E-state index in [2.05, 4.69) is 27.3 Å². The number of aliphatic hydroxyl groups is 1. The Balaban J connectivity index is 2.85. The van der Waals surface area contributed by atoms with Gasteiger partial charge in [-0.3, -0.25) is 4.72 Å². The molecule has 0 radical (unpaired) electrons. The number of aryl methyl sites for hydroxylation is 1. The van der Waals surface area contributed by atoms with Gasteiger partial charge in [-0.05, 0) is 53.6 Å². The van der Waals surface area contributed by atoms with Crippen molar-refractivity contribution < 1.29 is 13.5 Å². The van der Waals surface area contributed by atoms with Crippen molar-refractivity contribution in [1.82, 2.24) is 4.31 Å². The minimum Gasteiger partial charge on any atom is -0.396 e. The molecule has 0 atom stereocenters. The smallest absolute Gasteiger partial charge is 0.301 e. The van der Waals surface area contributed by atoms with Crippen LogP contribution in [0.1, 0.15) is 12.0 Å². The van der Waals surface area contributed by atoms with Gasteiger partial charge in [-0.1, -0.05) is 6.07 Å². The van der Waals surface area contributed by atoms with Crippen LogP contribution in [0.2, 0.25) is 0 Å². The number of aliphatic hydroxyl groups excluding tert-OH is 1. The lowest BCUT2D eigenvalue weighted by molar-refractivity contribution is 0.276. The molecule has 0 spiro atoms. The fraction of sp³-hybridized carbons (Fsp3) is 0.455. The zero-order chi connectivity index (χ0) is 13.8. The Labute approximate surface area is 122 Å². The summed E-state index contributed by atoms with van der Waals surface area (Å²) in [6.45, 7) is 2.11. The van der Waals surface area contributed by atoms with E-state index in [4.69, 9.17) is 5.11 Å². The van der Waals surface area contributed by atoms with E-state index in [-0.39, 0.29) is 13.2 Å². The summed E-state index contributed by atoms with van der Waals surface area (Å²) in [6, 6.07) is 5.57. The molecule has 0 unspecified atom stereocenters. The molecular weight excluding hydrogens is 367 g/mol. The molecule has 7 heteroatoms. The van der Waals surface area contributed by atoms with E-state index in [9.17, 15) is 8.42 Å². The first-order valence-electron chi connectivity index (χ1n) is 5.48. The van der Waals surface area contributed by atoms with E-state index in [1.165, 1.54) is 11.4 Å². The van der Waals surface area contributed by atoms with Crippen molar-refractivity contribution in [2.75, 3.05) is 24.9 Å². The van der Waals surface area contributed by atoms with Gasteiger partial charge < -0.3 is 5.11 Å². The van der Waals surface area contributed by atoms with Crippen molar-refractivity contribution in [2.45, 2.75) is 13.3 Å². The second-order valence-electron chi connectivity index (χ2n) is 3.97. The number of benzene rings is 1. The molecule has 0 amide bonds. The Hall–Kier alpha value is -0.380. The van der Waals surface area contributed by atoms with Crippen molar-refractivity contribution in [3.63, 3.8) is 0 Å². The molecule has 102 valence electrons. The Morgan fingerprint density at radius 2 is 2.11 bits per heavy atom. The molecule has 1 rings (SSSR count). The predicted octanol–water partition coefficient (Wildman–Crippen LogP) is 1.57. The van der Waals surface area contributed by atoms with Crippen LogP contribution in [-0.4, -0.2) is 38.0 Å². The van der Waals surface area contributed by atoms with Gasteiger partial charge in [0.1, 0.15) is 0 Å². The third-order valence-corrected chi connectivity index (χ3v) is 4.63. The van der Waals surface area contributed by atoms with Crippen molar-refractivity contribution in [3.05, 3.63) is 27.3 Å². The molecule has 0 aromatic heterocycles. The van der Waals surface area contributed by atoms with Crippen LogP contribution in [0.15, 0.2) is 18.2 Å². The molecule has 1 aromatic carbocycles. The van der Waals surface area contributed by atoms with Crippen molar-refractivity contribution in [3.8, 4) is 0 Å². The molecule has 18 heavy (non-hydrogen) atoms. The van der Waals surface area contributed by atoms with Gasteiger partial charge in [-0.25, -0.2) is 0 Å². The average molecular weight is 384 g/mol. The summed E-state index contributed by atoms with van der Waals surface area (Å²) in [4.78, 5) is 0. The zero-order valence-electron chi connectivity index (χ0n) is 10.4. The number of hydrogen-bond acceptors (Lipinski definition) is 3. The summed E-state index contributed by atoms with van der Waals surface area (Å²) < 4.78 is 28.7. The number of anilines is 1. The number of hydrogen-bond donors (Lipinski definition) is 2. The van der Waals surface area contributed by atoms with Crippen LogP contribution < -0.4 is 4.72 Å². The molecule has 5 nitrogen and oxygen atoms in total. The first-order chi connectivity index (χ1) is 8.36. The highest BCUT2D eigenvalue weighted by atomic mass is 127. The van der Waals surface area contributed by atoms with Crippen LogP contribution in [-0.2, 0) is 10.2 Å². The molecule has 0 saturated heterocycles. The number of rotatable bonds is 6. The highest BCUT2D eigenvalue weighted by molar-refractivity contribution is 14.1. The highest BCUT2D eigenvalue weighted by Crippen LogP contribution is 2.20. The Bertz CT molecular complexity index is 505. The summed E-state index contributed by atoms with van der Waals surface area (Å²) in [6.07, 6.45) is 0.419. The molecule has 2 N–H and O–H groups in total. The molecule has 0 aliphatic carbocycles. The van der Waals surface area contributed by atoms with E-state index in [0.717, 1.165) is 9.13 Å². The lowest BCUT2D eigenvalue weighted by Crippen LogP contribution is -2.33. The summed E-state index contributed by atoms with van der Waals surface area (Å²) in [5.74, 6) is 0.